The van der Waals surface area contributed by atoms with E-state index in [1.54, 1.807) is 39.0 Å². The highest BCUT2D eigenvalue weighted by Crippen LogP contribution is 2.46. The number of halogens is 1. The maximum Gasteiger partial charge on any atom is 0.410 e. The van der Waals surface area contributed by atoms with Crippen LogP contribution in [0.1, 0.15) is 136 Å². The van der Waals surface area contributed by atoms with Gasteiger partial charge in [-0.1, -0.05) is 60.7 Å². The van der Waals surface area contributed by atoms with Crippen molar-refractivity contribution in [2.45, 2.75) is 95.6 Å². The molecule has 3 heterocycles. The fraction of sp³-hybridized carbons (Fsp3) is 0.408. The van der Waals surface area contributed by atoms with E-state index in [2.05, 4.69) is 16.0 Å². The quantitative estimate of drug-likeness (QED) is 0.116. The number of ether oxygens (including phenoxy) is 3. The van der Waals surface area contributed by atoms with Crippen molar-refractivity contribution in [1.29, 1.82) is 0 Å². The molecular formula is C49H57FN4O9. The zero-order valence-electron chi connectivity index (χ0n) is 36.9. The van der Waals surface area contributed by atoms with Gasteiger partial charge in [-0.05, 0) is 95.7 Å². The van der Waals surface area contributed by atoms with Gasteiger partial charge in [0.15, 0.2) is 0 Å². The SMILES string of the molecule is CNC(=O)c1cc(C(=O)NCCCC2(F)CCCN(C(=O)OC(C)(C)C)C2)cc2c1O[C@H](C)[C@H]2c1ccccc1.CNC(=O)c1cc(C(=O)O)cc2c1O[C@H](C)[C@H]2c1ccccc1. The number of alkyl halides is 1. The first-order valence-corrected chi connectivity index (χ1v) is 21.3. The van der Waals surface area contributed by atoms with Crippen LogP contribution in [0, 0.1) is 0 Å². The Bertz CT molecular complexity index is 2330. The number of piperidine rings is 1. The van der Waals surface area contributed by atoms with Crippen molar-refractivity contribution in [2.24, 2.45) is 0 Å². The van der Waals surface area contributed by atoms with E-state index in [0.717, 1.165) is 22.3 Å². The van der Waals surface area contributed by atoms with Gasteiger partial charge in [0.1, 0.15) is 35.0 Å². The molecule has 0 radical (unpaired) electrons. The van der Waals surface area contributed by atoms with E-state index in [-0.39, 0.29) is 72.4 Å². The predicted octanol–water partition coefficient (Wildman–Crippen LogP) is 7.87. The third-order valence-corrected chi connectivity index (χ3v) is 11.5. The Labute approximate surface area is 367 Å². The van der Waals surface area contributed by atoms with Crippen molar-refractivity contribution >= 4 is 29.8 Å². The fourth-order valence-electron chi connectivity index (χ4n) is 8.61. The minimum Gasteiger partial charge on any atom is -0.489 e. The highest BCUT2D eigenvalue weighted by molar-refractivity contribution is 6.03. The Balaban J connectivity index is 0.000000242. The van der Waals surface area contributed by atoms with Crippen LogP contribution >= 0.6 is 0 Å². The molecule has 14 heteroatoms. The number of aromatic carboxylic acids is 1. The van der Waals surface area contributed by atoms with E-state index in [4.69, 9.17) is 14.2 Å². The number of carbonyl (C=O) groups is 5. The van der Waals surface area contributed by atoms with Gasteiger partial charge in [-0.15, -0.1) is 0 Å². The number of hydrogen-bond donors (Lipinski definition) is 4. The van der Waals surface area contributed by atoms with Gasteiger partial charge in [-0.2, -0.15) is 0 Å². The zero-order chi connectivity index (χ0) is 45.6. The molecule has 4 aromatic rings. The summed E-state index contributed by atoms with van der Waals surface area (Å²) in [6.45, 7) is 9.94. The Hall–Kier alpha value is -6.44. The van der Waals surface area contributed by atoms with E-state index in [1.807, 2.05) is 74.5 Å². The van der Waals surface area contributed by atoms with Gasteiger partial charge in [0, 0.05) is 55.7 Å². The van der Waals surface area contributed by atoms with Crippen LogP contribution in [-0.4, -0.2) is 97.0 Å². The maximum absolute atomic E-state index is 15.6. The molecule has 0 saturated carbocycles. The monoisotopic (exact) mass is 864 g/mol. The molecule has 13 nitrogen and oxygen atoms in total. The summed E-state index contributed by atoms with van der Waals surface area (Å²) in [5, 5.41) is 17.4. The lowest BCUT2D eigenvalue weighted by atomic mass is 9.87. The number of carbonyl (C=O) groups excluding carboxylic acids is 4. The molecule has 334 valence electrons. The topological polar surface area (TPSA) is 173 Å². The van der Waals surface area contributed by atoms with Crippen LogP contribution < -0.4 is 25.4 Å². The van der Waals surface area contributed by atoms with Gasteiger partial charge < -0.3 is 40.2 Å². The normalized spacial score (nSPS) is 21.0. The average molecular weight is 865 g/mol. The molecule has 4 amide bonds. The summed E-state index contributed by atoms with van der Waals surface area (Å²) < 4.78 is 33.1. The maximum atomic E-state index is 15.6. The lowest BCUT2D eigenvalue weighted by Gasteiger charge is -2.38. The molecule has 0 aromatic heterocycles. The molecule has 3 aliphatic heterocycles. The molecule has 0 bridgehead atoms. The van der Waals surface area contributed by atoms with Crippen molar-refractivity contribution in [3.05, 3.63) is 129 Å². The van der Waals surface area contributed by atoms with Crippen molar-refractivity contribution in [3.63, 3.8) is 0 Å². The summed E-state index contributed by atoms with van der Waals surface area (Å²) in [5.41, 5.74) is 2.42. The molecule has 5 atom stereocenters. The Kier molecular flexibility index (Phi) is 14.1. The number of carboxylic acid groups (broad SMARTS) is 1. The molecule has 4 N–H and O–H groups in total. The van der Waals surface area contributed by atoms with Crippen LogP contribution in [0.2, 0.25) is 0 Å². The van der Waals surface area contributed by atoms with E-state index >= 15 is 4.39 Å². The van der Waals surface area contributed by atoms with Crippen LogP contribution in [0.5, 0.6) is 11.5 Å². The molecule has 3 aliphatic rings. The predicted molar refractivity (Wildman–Crippen MR) is 236 cm³/mol. The number of fused-ring (bicyclic) bond motifs is 2. The summed E-state index contributed by atoms with van der Waals surface area (Å²) in [5.74, 6) is -1.37. The van der Waals surface area contributed by atoms with Crippen LogP contribution in [-0.2, 0) is 4.74 Å². The number of carboxylic acids is 1. The molecular weight excluding hydrogens is 808 g/mol. The largest absolute Gasteiger partial charge is 0.489 e. The van der Waals surface area contributed by atoms with Crippen molar-refractivity contribution in [3.8, 4) is 11.5 Å². The van der Waals surface area contributed by atoms with E-state index in [1.165, 1.54) is 25.1 Å². The third kappa shape index (κ3) is 10.6. The second-order valence-corrected chi connectivity index (χ2v) is 17.3. The van der Waals surface area contributed by atoms with Crippen LogP contribution in [0.15, 0.2) is 84.9 Å². The third-order valence-electron chi connectivity index (χ3n) is 11.5. The molecule has 7 rings (SSSR count). The minimum absolute atomic E-state index is 0.0186. The summed E-state index contributed by atoms with van der Waals surface area (Å²) in [4.78, 5) is 63.3. The average Bonchev–Trinajstić information content (AvgIpc) is 3.78. The number of likely N-dealkylation sites (tertiary alicyclic amines) is 1. The van der Waals surface area contributed by atoms with E-state index in [0.29, 0.717) is 48.4 Å². The van der Waals surface area contributed by atoms with Crippen molar-refractivity contribution < 1.29 is 47.7 Å². The first kappa shape index (κ1) is 46.1. The molecule has 4 aromatic carbocycles. The van der Waals surface area contributed by atoms with Crippen LogP contribution in [0.3, 0.4) is 0 Å². The molecule has 1 saturated heterocycles. The highest BCUT2D eigenvalue weighted by atomic mass is 19.1. The van der Waals surface area contributed by atoms with Gasteiger partial charge in [0.2, 0.25) is 0 Å². The number of benzene rings is 4. The lowest BCUT2D eigenvalue weighted by Crippen LogP contribution is -2.49. The summed E-state index contributed by atoms with van der Waals surface area (Å²) in [7, 11) is 3.05. The number of nitrogens with zero attached hydrogens (tertiary/aromatic N) is 1. The first-order valence-electron chi connectivity index (χ1n) is 21.3. The molecule has 0 aliphatic carbocycles. The van der Waals surface area contributed by atoms with Gasteiger partial charge >= 0.3 is 12.1 Å². The van der Waals surface area contributed by atoms with Gasteiger partial charge in [-0.3, -0.25) is 14.4 Å². The Morgan fingerprint density at radius 1 is 0.778 bits per heavy atom. The first-order chi connectivity index (χ1) is 29.9. The van der Waals surface area contributed by atoms with Crippen molar-refractivity contribution in [1.82, 2.24) is 20.9 Å². The summed E-state index contributed by atoms with van der Waals surface area (Å²) in [6.07, 6.45) is 0.641. The fourth-order valence-corrected chi connectivity index (χ4v) is 8.61. The van der Waals surface area contributed by atoms with Crippen LogP contribution in [0.25, 0.3) is 0 Å². The Morgan fingerprint density at radius 2 is 1.27 bits per heavy atom. The van der Waals surface area contributed by atoms with Gasteiger partial charge in [0.25, 0.3) is 17.7 Å². The number of rotatable bonds is 10. The van der Waals surface area contributed by atoms with E-state index < -0.39 is 23.3 Å². The van der Waals surface area contributed by atoms with Gasteiger partial charge in [0.05, 0.1) is 23.2 Å². The highest BCUT2D eigenvalue weighted by Gasteiger charge is 2.40. The second-order valence-electron chi connectivity index (χ2n) is 17.3. The minimum atomic E-state index is -1.53. The second kappa shape index (κ2) is 19.3. The van der Waals surface area contributed by atoms with E-state index in [9.17, 15) is 29.1 Å². The molecule has 0 spiro atoms. The van der Waals surface area contributed by atoms with Crippen molar-refractivity contribution in [2.75, 3.05) is 33.7 Å². The number of nitrogens with one attached hydrogen (secondary N) is 3. The molecule has 63 heavy (non-hydrogen) atoms. The smallest absolute Gasteiger partial charge is 0.410 e. The standard InChI is InChI=1S/C31H40FN3O5.C18H17NO4/c1-20-25(21-11-7-6-8-12-21)23-17-22(18-24(26(23)39-20)28(37)33-5)27(36)34-15-9-13-31(32)14-10-16-35(19-31)29(38)40-30(2,3)4;1-10-15(11-6-4-3-5-7-11)13-8-12(18(21)22)9-14(16(13)23-10)17(20)19-2/h6-8,11-12,17-18,20,25H,9-10,13-16,19H2,1-5H3,(H,33,37)(H,34,36);3-10,15H,1-2H3,(H,19,20)(H,21,22)/t20-,25+,31?;10-,15+/m11/s1. The summed E-state index contributed by atoms with van der Waals surface area (Å²) in [6, 6.07) is 25.9. The molecule has 1 unspecified atom stereocenters. The number of hydrogen-bond acceptors (Lipinski definition) is 8. The Morgan fingerprint density at radius 3 is 1.75 bits per heavy atom. The summed E-state index contributed by atoms with van der Waals surface area (Å²) >= 11 is 0. The van der Waals surface area contributed by atoms with Crippen LogP contribution in [0.4, 0.5) is 9.18 Å². The lowest BCUT2D eigenvalue weighted by molar-refractivity contribution is -0.00799. The van der Waals surface area contributed by atoms with Gasteiger partial charge in [-0.25, -0.2) is 14.0 Å². The number of amides is 4. The molecule has 1 fully saturated rings. The zero-order valence-corrected chi connectivity index (χ0v) is 36.9.